The number of H-pyrrole nitrogens is 1. The Hall–Kier alpha value is -3.71. The molecule has 0 fully saturated rings. The zero-order valence-corrected chi connectivity index (χ0v) is 12.9. The highest BCUT2D eigenvalue weighted by Crippen LogP contribution is 2.35. The number of anilines is 1. The Morgan fingerprint density at radius 2 is 2.00 bits per heavy atom. The normalized spacial score (nSPS) is 9.62. The van der Waals surface area contributed by atoms with Crippen molar-refractivity contribution in [3.05, 3.63) is 52.3 Å². The number of nitrogens with zero attached hydrogens (tertiary/aromatic N) is 2. The maximum atomic E-state index is 12.0. The summed E-state index contributed by atoms with van der Waals surface area (Å²) in [5.41, 5.74) is 5.48. The molecular weight excluding hydrogens is 308 g/mol. The fourth-order valence-corrected chi connectivity index (χ4v) is 2.23. The fraction of sp³-hybridized carbons (Fsp3) is 0.118. The number of ether oxygens (including phenoxy) is 2. The summed E-state index contributed by atoms with van der Waals surface area (Å²) in [4.78, 5) is 14.3. The van der Waals surface area contributed by atoms with Gasteiger partial charge in [0.05, 0.1) is 7.11 Å². The molecule has 7 nitrogen and oxygen atoms in total. The number of aromatic nitrogens is 1. The molecule has 0 radical (unpaired) electrons. The lowest BCUT2D eigenvalue weighted by atomic mass is 9.96. The number of aromatic amines is 1. The first kappa shape index (κ1) is 16.7. The van der Waals surface area contributed by atoms with Crippen LogP contribution in [0.2, 0.25) is 0 Å². The van der Waals surface area contributed by atoms with Crippen LogP contribution in [0, 0.1) is 22.7 Å². The van der Waals surface area contributed by atoms with Crippen LogP contribution in [0.1, 0.15) is 11.1 Å². The molecule has 0 unspecified atom stereocenters. The minimum absolute atomic E-state index is 0.0194. The van der Waals surface area contributed by atoms with Crippen LogP contribution in [0.3, 0.4) is 0 Å². The molecule has 120 valence electrons. The summed E-state index contributed by atoms with van der Waals surface area (Å²) in [5, 5.41) is 18.6. The van der Waals surface area contributed by atoms with E-state index in [-0.39, 0.29) is 29.1 Å². The quantitative estimate of drug-likeness (QED) is 0.810. The van der Waals surface area contributed by atoms with Gasteiger partial charge in [-0.15, -0.1) is 0 Å². The number of nitriles is 2. The lowest BCUT2D eigenvalue weighted by Crippen LogP contribution is -2.16. The van der Waals surface area contributed by atoms with Gasteiger partial charge in [0.2, 0.25) is 0 Å². The molecule has 0 saturated heterocycles. The Bertz CT molecular complexity index is 933. The van der Waals surface area contributed by atoms with Gasteiger partial charge in [-0.05, 0) is 17.7 Å². The number of hydrogen-bond acceptors (Lipinski definition) is 6. The summed E-state index contributed by atoms with van der Waals surface area (Å²) < 4.78 is 10.7. The van der Waals surface area contributed by atoms with Crippen LogP contribution in [0.5, 0.6) is 11.5 Å². The summed E-state index contributed by atoms with van der Waals surface area (Å²) in [6.45, 7) is 3.82. The first-order chi connectivity index (χ1) is 11.6. The molecular formula is C17H14N4O3. The largest absolute Gasteiger partial charge is 0.493 e. The Kier molecular flexibility index (Phi) is 4.88. The SMILES string of the molecule is C=CCOc1cc(-c2c(C#N)c(N)[nH]c(=O)c2C#N)ccc1OC. The lowest BCUT2D eigenvalue weighted by molar-refractivity contribution is 0.326. The van der Waals surface area contributed by atoms with E-state index < -0.39 is 5.56 Å². The van der Waals surface area contributed by atoms with Gasteiger partial charge in [-0.3, -0.25) is 4.79 Å². The van der Waals surface area contributed by atoms with Gasteiger partial charge in [0.1, 0.15) is 35.7 Å². The van der Waals surface area contributed by atoms with E-state index >= 15 is 0 Å². The molecule has 1 aromatic heterocycles. The lowest BCUT2D eigenvalue weighted by Gasteiger charge is -2.13. The zero-order valence-electron chi connectivity index (χ0n) is 12.9. The molecule has 0 bridgehead atoms. The first-order valence-electron chi connectivity index (χ1n) is 6.85. The number of hydrogen-bond donors (Lipinski definition) is 2. The molecule has 0 amide bonds. The number of nitrogen functional groups attached to an aromatic ring is 1. The molecule has 2 rings (SSSR count). The highest BCUT2D eigenvalue weighted by molar-refractivity contribution is 5.81. The third-order valence-corrected chi connectivity index (χ3v) is 3.28. The number of benzene rings is 1. The third-order valence-electron chi connectivity index (χ3n) is 3.28. The topological polar surface area (TPSA) is 125 Å². The van der Waals surface area contributed by atoms with E-state index in [1.807, 2.05) is 12.1 Å². The molecule has 2 aromatic rings. The summed E-state index contributed by atoms with van der Waals surface area (Å²) in [6, 6.07) is 8.56. The van der Waals surface area contributed by atoms with Crippen molar-refractivity contribution in [3.63, 3.8) is 0 Å². The standard InChI is InChI=1S/C17H14N4O3/c1-3-6-24-14-7-10(4-5-13(14)23-2)15-11(8-18)16(20)21-17(22)12(15)9-19/h3-5,7H,1,6H2,2H3,(H3,20,21,22). The van der Waals surface area contributed by atoms with Gasteiger partial charge in [-0.2, -0.15) is 10.5 Å². The molecule has 0 aliphatic rings. The van der Waals surface area contributed by atoms with Crippen LogP contribution in [0.25, 0.3) is 11.1 Å². The average molecular weight is 322 g/mol. The van der Waals surface area contributed by atoms with E-state index in [9.17, 15) is 15.3 Å². The number of rotatable bonds is 5. The van der Waals surface area contributed by atoms with Crippen molar-refractivity contribution in [2.45, 2.75) is 0 Å². The second-order valence-corrected chi connectivity index (χ2v) is 4.68. The highest BCUT2D eigenvalue weighted by Gasteiger charge is 2.19. The number of methoxy groups -OCH3 is 1. The average Bonchev–Trinajstić information content (AvgIpc) is 2.59. The van der Waals surface area contributed by atoms with Crippen molar-refractivity contribution in [1.82, 2.24) is 4.98 Å². The fourth-order valence-electron chi connectivity index (χ4n) is 2.23. The van der Waals surface area contributed by atoms with Crippen molar-refractivity contribution in [2.75, 3.05) is 19.5 Å². The molecule has 0 saturated carbocycles. The number of pyridine rings is 1. The predicted octanol–water partition coefficient (Wildman–Crippen LogP) is 1.94. The maximum absolute atomic E-state index is 12.0. The van der Waals surface area contributed by atoms with E-state index in [0.29, 0.717) is 17.1 Å². The van der Waals surface area contributed by atoms with Crippen molar-refractivity contribution in [2.24, 2.45) is 0 Å². The summed E-state index contributed by atoms with van der Waals surface area (Å²) in [5.74, 6) is 0.762. The number of nitrogens with one attached hydrogen (secondary N) is 1. The highest BCUT2D eigenvalue weighted by atomic mass is 16.5. The molecule has 1 heterocycles. The van der Waals surface area contributed by atoms with Crippen molar-refractivity contribution < 1.29 is 9.47 Å². The maximum Gasteiger partial charge on any atom is 0.268 e. The summed E-state index contributed by atoms with van der Waals surface area (Å²) in [6.07, 6.45) is 1.57. The first-order valence-corrected chi connectivity index (χ1v) is 6.85. The van der Waals surface area contributed by atoms with Crippen molar-refractivity contribution >= 4 is 5.82 Å². The van der Waals surface area contributed by atoms with Gasteiger partial charge in [0, 0.05) is 5.56 Å². The Morgan fingerprint density at radius 3 is 2.58 bits per heavy atom. The van der Waals surface area contributed by atoms with Crippen molar-refractivity contribution in [3.8, 4) is 34.8 Å². The van der Waals surface area contributed by atoms with Gasteiger partial charge in [-0.1, -0.05) is 18.7 Å². The van der Waals surface area contributed by atoms with Crippen LogP contribution < -0.4 is 20.8 Å². The minimum atomic E-state index is -0.659. The van der Waals surface area contributed by atoms with E-state index in [2.05, 4.69) is 11.6 Å². The van der Waals surface area contributed by atoms with Gasteiger partial charge in [-0.25, -0.2) is 0 Å². The molecule has 0 aliphatic carbocycles. The number of nitrogens with two attached hydrogens (primary N) is 1. The van der Waals surface area contributed by atoms with Crippen LogP contribution in [0.15, 0.2) is 35.6 Å². The third kappa shape index (κ3) is 2.92. The Labute approximate surface area is 138 Å². The predicted molar refractivity (Wildman–Crippen MR) is 88.6 cm³/mol. The van der Waals surface area contributed by atoms with Crippen LogP contribution in [0.4, 0.5) is 5.82 Å². The van der Waals surface area contributed by atoms with Crippen LogP contribution in [-0.4, -0.2) is 18.7 Å². The van der Waals surface area contributed by atoms with Gasteiger partial charge in [0.15, 0.2) is 11.5 Å². The second-order valence-electron chi connectivity index (χ2n) is 4.68. The molecule has 3 N–H and O–H groups in total. The monoisotopic (exact) mass is 322 g/mol. The smallest absolute Gasteiger partial charge is 0.268 e. The zero-order chi connectivity index (χ0) is 17.7. The minimum Gasteiger partial charge on any atom is -0.493 e. The molecule has 1 aromatic carbocycles. The van der Waals surface area contributed by atoms with Gasteiger partial charge < -0.3 is 20.2 Å². The molecule has 0 spiro atoms. The van der Waals surface area contributed by atoms with Gasteiger partial charge in [0.25, 0.3) is 5.56 Å². The summed E-state index contributed by atoms with van der Waals surface area (Å²) in [7, 11) is 1.49. The molecule has 24 heavy (non-hydrogen) atoms. The van der Waals surface area contributed by atoms with E-state index in [1.165, 1.54) is 7.11 Å². The second kappa shape index (κ2) is 7.03. The van der Waals surface area contributed by atoms with E-state index in [1.54, 1.807) is 24.3 Å². The summed E-state index contributed by atoms with van der Waals surface area (Å²) >= 11 is 0. The van der Waals surface area contributed by atoms with E-state index in [0.717, 1.165) is 0 Å². The van der Waals surface area contributed by atoms with Gasteiger partial charge >= 0.3 is 0 Å². The van der Waals surface area contributed by atoms with Crippen LogP contribution in [-0.2, 0) is 0 Å². The van der Waals surface area contributed by atoms with Crippen molar-refractivity contribution in [1.29, 1.82) is 10.5 Å². The Morgan fingerprint density at radius 1 is 1.29 bits per heavy atom. The van der Waals surface area contributed by atoms with E-state index in [4.69, 9.17) is 15.2 Å². The Balaban J connectivity index is 2.77. The van der Waals surface area contributed by atoms with Crippen LogP contribution >= 0.6 is 0 Å². The molecule has 0 aliphatic heterocycles. The molecule has 7 heteroatoms. The molecule has 0 atom stereocenters.